The Morgan fingerprint density at radius 1 is 1.17 bits per heavy atom. The minimum Gasteiger partial charge on any atom is -0.481 e. The van der Waals surface area contributed by atoms with E-state index in [2.05, 4.69) is 20.8 Å². The standard InChI is InChI=1S/C24H36O5/c1-13(4-7-21(28)29)16-5-6-17-22-18(12-20(27)24(16,17)3)23(2)9-8-15(25)10-14(23)11-19(22)26/h13-14,16-19,22,26H,4-12H2,1-3H3,(H,28,29)/t13-,14+,16-,17+,18+,19-,22?,23+,24-/m1/s1. The highest BCUT2D eigenvalue weighted by Gasteiger charge is 2.65. The molecule has 2 N–H and O–H groups in total. The first-order chi connectivity index (χ1) is 13.6. The van der Waals surface area contributed by atoms with Crippen LogP contribution in [0.5, 0.6) is 0 Å². The lowest BCUT2D eigenvalue weighted by molar-refractivity contribution is -0.177. The Bertz CT molecular complexity index is 716. The van der Waals surface area contributed by atoms with E-state index in [1.807, 2.05) is 0 Å². The maximum absolute atomic E-state index is 13.6. The number of Topliss-reactive ketones (excluding diaryl/α,β-unsaturated/α-hetero) is 2. The molecule has 5 heteroatoms. The van der Waals surface area contributed by atoms with Crippen molar-refractivity contribution in [1.82, 2.24) is 0 Å². The molecule has 0 spiro atoms. The van der Waals surface area contributed by atoms with Crippen LogP contribution in [-0.4, -0.2) is 33.9 Å². The normalized spacial score (nSPS) is 47.9. The van der Waals surface area contributed by atoms with Gasteiger partial charge in [0.2, 0.25) is 0 Å². The van der Waals surface area contributed by atoms with Gasteiger partial charge in [0.1, 0.15) is 11.6 Å². The minimum absolute atomic E-state index is 0.0260. The third-order valence-corrected chi connectivity index (χ3v) is 9.93. The zero-order valence-corrected chi connectivity index (χ0v) is 18.0. The number of carboxylic acids is 1. The molecule has 4 aliphatic rings. The van der Waals surface area contributed by atoms with E-state index in [9.17, 15) is 19.5 Å². The molecule has 1 unspecified atom stereocenters. The van der Waals surface area contributed by atoms with E-state index in [4.69, 9.17) is 5.11 Å². The molecule has 9 atom stereocenters. The molecule has 0 radical (unpaired) electrons. The number of hydrogen-bond donors (Lipinski definition) is 2. The van der Waals surface area contributed by atoms with Crippen molar-refractivity contribution in [2.24, 2.45) is 46.3 Å². The number of carboxylic acid groups (broad SMARTS) is 1. The number of fused-ring (bicyclic) bond motifs is 5. The molecule has 29 heavy (non-hydrogen) atoms. The Labute approximate surface area is 173 Å². The summed E-state index contributed by atoms with van der Waals surface area (Å²) >= 11 is 0. The SMILES string of the molecule is C[C@H](CCC(=O)O)[C@H]1CC[C@H]2C3[C@H](O)C[C@@H]4CC(=O)CC[C@]4(C)[C@H]3CC(=O)[C@]12C. The number of aliphatic hydroxyl groups is 1. The second-order valence-corrected chi connectivity index (χ2v) is 11.0. The minimum atomic E-state index is -0.778. The summed E-state index contributed by atoms with van der Waals surface area (Å²) in [5.41, 5.74) is -0.477. The fourth-order valence-corrected chi connectivity index (χ4v) is 8.22. The maximum atomic E-state index is 13.6. The number of ketones is 2. The van der Waals surface area contributed by atoms with E-state index in [-0.39, 0.29) is 47.3 Å². The summed E-state index contributed by atoms with van der Waals surface area (Å²) in [4.78, 5) is 36.7. The van der Waals surface area contributed by atoms with Crippen LogP contribution in [0.15, 0.2) is 0 Å². The van der Waals surface area contributed by atoms with Crippen molar-refractivity contribution >= 4 is 17.5 Å². The second kappa shape index (κ2) is 7.18. The van der Waals surface area contributed by atoms with Crippen molar-refractivity contribution in [3.8, 4) is 0 Å². The van der Waals surface area contributed by atoms with Gasteiger partial charge in [-0.2, -0.15) is 0 Å². The number of rotatable bonds is 4. The van der Waals surface area contributed by atoms with E-state index in [0.29, 0.717) is 43.7 Å². The van der Waals surface area contributed by atoms with Gasteiger partial charge in [-0.25, -0.2) is 0 Å². The van der Waals surface area contributed by atoms with Crippen LogP contribution >= 0.6 is 0 Å². The van der Waals surface area contributed by atoms with E-state index in [1.165, 1.54) is 0 Å². The molecule has 0 saturated heterocycles. The smallest absolute Gasteiger partial charge is 0.303 e. The molecule has 0 aromatic rings. The van der Waals surface area contributed by atoms with Gasteiger partial charge in [0, 0.05) is 31.1 Å². The maximum Gasteiger partial charge on any atom is 0.303 e. The predicted octanol–water partition coefficient (Wildman–Crippen LogP) is 3.87. The highest BCUT2D eigenvalue weighted by atomic mass is 16.4. The van der Waals surface area contributed by atoms with Crippen LogP contribution in [0, 0.1) is 46.3 Å². The fraction of sp³-hybridized carbons (Fsp3) is 0.875. The number of aliphatic carboxylic acids is 1. The molecule has 4 rings (SSSR count). The lowest BCUT2D eigenvalue weighted by Gasteiger charge is -2.61. The molecule has 0 heterocycles. The Hall–Kier alpha value is -1.23. The zero-order valence-electron chi connectivity index (χ0n) is 18.0. The van der Waals surface area contributed by atoms with Crippen LogP contribution in [0.25, 0.3) is 0 Å². The van der Waals surface area contributed by atoms with Crippen LogP contribution in [0.1, 0.15) is 78.6 Å². The monoisotopic (exact) mass is 404 g/mol. The molecule has 4 aliphatic carbocycles. The Kier molecular flexibility index (Phi) is 5.20. The summed E-state index contributed by atoms with van der Waals surface area (Å²) in [7, 11) is 0. The fourth-order valence-electron chi connectivity index (χ4n) is 8.22. The van der Waals surface area contributed by atoms with Gasteiger partial charge in [0.05, 0.1) is 6.10 Å². The van der Waals surface area contributed by atoms with Gasteiger partial charge < -0.3 is 10.2 Å². The van der Waals surface area contributed by atoms with Gasteiger partial charge in [0.15, 0.2) is 0 Å². The van der Waals surface area contributed by atoms with E-state index in [0.717, 1.165) is 19.3 Å². The summed E-state index contributed by atoms with van der Waals surface area (Å²) < 4.78 is 0. The lowest BCUT2D eigenvalue weighted by Crippen LogP contribution is -2.61. The molecule has 4 saturated carbocycles. The molecule has 0 aromatic heterocycles. The molecule has 0 aliphatic heterocycles. The van der Waals surface area contributed by atoms with Gasteiger partial charge >= 0.3 is 5.97 Å². The van der Waals surface area contributed by atoms with Crippen LogP contribution in [0.3, 0.4) is 0 Å². The summed E-state index contributed by atoms with van der Waals surface area (Å²) in [5, 5.41) is 20.3. The molecular formula is C24H36O5. The second-order valence-electron chi connectivity index (χ2n) is 11.0. The Morgan fingerprint density at radius 2 is 1.90 bits per heavy atom. The quantitative estimate of drug-likeness (QED) is 0.742. The first-order valence-electron chi connectivity index (χ1n) is 11.5. The average molecular weight is 405 g/mol. The molecule has 162 valence electrons. The van der Waals surface area contributed by atoms with Gasteiger partial charge in [-0.3, -0.25) is 14.4 Å². The predicted molar refractivity (Wildman–Crippen MR) is 108 cm³/mol. The van der Waals surface area contributed by atoms with Gasteiger partial charge in [-0.1, -0.05) is 20.8 Å². The largest absolute Gasteiger partial charge is 0.481 e. The van der Waals surface area contributed by atoms with Crippen LogP contribution < -0.4 is 0 Å². The Balaban J connectivity index is 1.62. The summed E-state index contributed by atoms with van der Waals surface area (Å²) in [6.45, 7) is 6.48. The molecule has 0 amide bonds. The lowest BCUT2D eigenvalue weighted by atomic mass is 9.43. The number of hydrogen-bond acceptors (Lipinski definition) is 4. The van der Waals surface area contributed by atoms with Crippen LogP contribution in [0.4, 0.5) is 0 Å². The van der Waals surface area contributed by atoms with Gasteiger partial charge in [-0.05, 0) is 73.0 Å². The van der Waals surface area contributed by atoms with E-state index in [1.54, 1.807) is 0 Å². The number of carbonyl (C=O) groups excluding carboxylic acids is 2. The first kappa shape index (κ1) is 21.0. The van der Waals surface area contributed by atoms with Crippen molar-refractivity contribution in [3.63, 3.8) is 0 Å². The van der Waals surface area contributed by atoms with Crippen LogP contribution in [-0.2, 0) is 14.4 Å². The molecule has 0 aromatic carbocycles. The highest BCUT2D eigenvalue weighted by Crippen LogP contribution is 2.67. The Morgan fingerprint density at radius 3 is 2.59 bits per heavy atom. The van der Waals surface area contributed by atoms with Crippen molar-refractivity contribution in [3.05, 3.63) is 0 Å². The van der Waals surface area contributed by atoms with Crippen molar-refractivity contribution in [2.45, 2.75) is 84.7 Å². The molecule has 0 bridgehead atoms. The molecule has 4 fully saturated rings. The van der Waals surface area contributed by atoms with Crippen molar-refractivity contribution in [1.29, 1.82) is 0 Å². The zero-order chi connectivity index (χ0) is 21.1. The highest BCUT2D eigenvalue weighted by molar-refractivity contribution is 5.87. The molecular weight excluding hydrogens is 368 g/mol. The third kappa shape index (κ3) is 3.10. The average Bonchev–Trinajstić information content (AvgIpc) is 3.01. The number of aliphatic hydroxyl groups excluding tert-OH is 1. The van der Waals surface area contributed by atoms with E-state index < -0.39 is 17.5 Å². The van der Waals surface area contributed by atoms with Crippen molar-refractivity contribution < 1.29 is 24.6 Å². The molecule has 5 nitrogen and oxygen atoms in total. The summed E-state index contributed by atoms with van der Waals surface area (Å²) in [5.74, 6) is 0.911. The van der Waals surface area contributed by atoms with Crippen molar-refractivity contribution in [2.75, 3.05) is 0 Å². The number of carbonyl (C=O) groups is 3. The van der Waals surface area contributed by atoms with Crippen LogP contribution in [0.2, 0.25) is 0 Å². The third-order valence-electron chi connectivity index (χ3n) is 9.93. The van der Waals surface area contributed by atoms with Gasteiger partial charge in [0.25, 0.3) is 0 Å². The summed E-state index contributed by atoms with van der Waals surface area (Å²) in [6.07, 6.45) is 5.42. The first-order valence-corrected chi connectivity index (χ1v) is 11.5. The van der Waals surface area contributed by atoms with E-state index >= 15 is 0 Å². The van der Waals surface area contributed by atoms with Gasteiger partial charge in [-0.15, -0.1) is 0 Å². The topological polar surface area (TPSA) is 91.7 Å². The summed E-state index contributed by atoms with van der Waals surface area (Å²) in [6, 6.07) is 0.